The Morgan fingerprint density at radius 2 is 1.05 bits per heavy atom. The summed E-state index contributed by atoms with van der Waals surface area (Å²) >= 11 is 0. The van der Waals surface area contributed by atoms with E-state index >= 15 is 0 Å². The third-order valence-corrected chi connectivity index (χ3v) is 3.49. The first-order chi connectivity index (χ1) is 9.13. The van der Waals surface area contributed by atoms with Crippen molar-refractivity contribution >= 4 is 5.97 Å². The van der Waals surface area contributed by atoms with Crippen LogP contribution < -0.4 is 0 Å². The quantitative estimate of drug-likeness (QED) is 0.323. The molecule has 0 rings (SSSR count). The molecule has 0 aliphatic carbocycles. The van der Waals surface area contributed by atoms with Crippen LogP contribution >= 0.6 is 0 Å². The number of carboxylic acid groups (broad SMARTS) is 1. The van der Waals surface area contributed by atoms with Crippen molar-refractivity contribution in [2.75, 3.05) is 0 Å². The molecule has 0 amide bonds. The summed E-state index contributed by atoms with van der Waals surface area (Å²) in [4.78, 5) is 10.3. The topological polar surface area (TPSA) is 37.3 Å². The van der Waals surface area contributed by atoms with Crippen molar-refractivity contribution in [2.24, 2.45) is 0 Å². The van der Waals surface area contributed by atoms with E-state index in [2.05, 4.69) is 13.5 Å². The van der Waals surface area contributed by atoms with Crippen molar-refractivity contribution in [3.8, 4) is 0 Å². The van der Waals surface area contributed by atoms with Gasteiger partial charge in [-0.2, -0.15) is 0 Å². The Kier molecular flexibility index (Phi) is 13.1. The molecule has 0 heterocycles. The van der Waals surface area contributed by atoms with Crippen LogP contribution in [0.25, 0.3) is 0 Å². The zero-order valence-corrected chi connectivity index (χ0v) is 12.8. The number of unbranched alkanes of at least 4 members (excludes halogenated alkanes) is 10. The van der Waals surface area contributed by atoms with E-state index in [-0.39, 0.29) is 0 Å². The Morgan fingerprint density at radius 3 is 1.37 bits per heavy atom. The molecule has 0 aliphatic heterocycles. The number of hydrogen-bond donors (Lipinski definition) is 1. The zero-order chi connectivity index (χ0) is 14.3. The molecule has 0 bridgehead atoms. The fourth-order valence-electron chi connectivity index (χ4n) is 2.29. The molecule has 112 valence electrons. The zero-order valence-electron chi connectivity index (χ0n) is 12.8. The Hall–Kier alpha value is -0.790. The first-order valence-electron chi connectivity index (χ1n) is 7.99. The first-order valence-corrected chi connectivity index (χ1v) is 7.99. The summed E-state index contributed by atoms with van der Waals surface area (Å²) < 4.78 is 0. The molecular formula is C17H32O2. The average Bonchev–Trinajstić information content (AvgIpc) is 2.34. The predicted octanol–water partition coefficient (Wildman–Crippen LogP) is 5.72. The number of hydrogen-bond acceptors (Lipinski definition) is 1. The van der Waals surface area contributed by atoms with Crippen LogP contribution in [0.1, 0.15) is 90.4 Å². The van der Waals surface area contributed by atoms with Gasteiger partial charge in [0.1, 0.15) is 0 Å². The van der Waals surface area contributed by atoms with Gasteiger partial charge in [-0.1, -0.05) is 63.4 Å². The monoisotopic (exact) mass is 268 g/mol. The third kappa shape index (κ3) is 17.2. The highest BCUT2D eigenvalue weighted by Gasteiger charge is 1.97. The number of allylic oxidation sites excluding steroid dienone is 1. The van der Waals surface area contributed by atoms with E-state index in [1.807, 2.05) is 0 Å². The minimum absolute atomic E-state index is 0.337. The summed E-state index contributed by atoms with van der Waals surface area (Å²) in [6.45, 7) is 6.03. The summed E-state index contributed by atoms with van der Waals surface area (Å²) in [6, 6.07) is 0. The molecule has 0 aromatic carbocycles. The molecule has 0 aromatic rings. The van der Waals surface area contributed by atoms with Crippen LogP contribution in [0.2, 0.25) is 0 Å². The minimum atomic E-state index is -0.661. The van der Waals surface area contributed by atoms with Crippen LogP contribution in [0, 0.1) is 0 Å². The lowest BCUT2D eigenvalue weighted by molar-refractivity contribution is -0.137. The smallest absolute Gasteiger partial charge is 0.303 e. The number of rotatable bonds is 14. The average molecular weight is 268 g/mol. The molecule has 0 aliphatic rings. The Balaban J connectivity index is 2.99. The van der Waals surface area contributed by atoms with Crippen molar-refractivity contribution in [2.45, 2.75) is 90.4 Å². The maximum Gasteiger partial charge on any atom is 0.303 e. The van der Waals surface area contributed by atoms with Gasteiger partial charge in [0.25, 0.3) is 0 Å². The number of aliphatic carboxylic acids is 1. The molecule has 0 spiro atoms. The van der Waals surface area contributed by atoms with E-state index in [1.165, 1.54) is 69.8 Å². The molecule has 2 nitrogen and oxygen atoms in total. The van der Waals surface area contributed by atoms with Crippen molar-refractivity contribution in [3.63, 3.8) is 0 Å². The summed E-state index contributed by atoms with van der Waals surface area (Å²) in [7, 11) is 0. The molecule has 2 heteroatoms. The fourth-order valence-corrected chi connectivity index (χ4v) is 2.29. The normalized spacial score (nSPS) is 10.6. The molecule has 0 unspecified atom stereocenters. The van der Waals surface area contributed by atoms with Crippen LogP contribution in [0.4, 0.5) is 0 Å². The van der Waals surface area contributed by atoms with Gasteiger partial charge in [-0.25, -0.2) is 0 Å². The summed E-state index contributed by atoms with van der Waals surface area (Å²) in [5.74, 6) is -0.661. The van der Waals surface area contributed by atoms with Gasteiger partial charge in [-0.15, -0.1) is 6.58 Å². The largest absolute Gasteiger partial charge is 0.481 e. The lowest BCUT2D eigenvalue weighted by Gasteiger charge is -2.03. The highest BCUT2D eigenvalue weighted by molar-refractivity contribution is 5.66. The van der Waals surface area contributed by atoms with Gasteiger partial charge in [0, 0.05) is 6.42 Å². The van der Waals surface area contributed by atoms with Crippen molar-refractivity contribution in [3.05, 3.63) is 12.2 Å². The second-order valence-electron chi connectivity index (χ2n) is 5.74. The SMILES string of the molecule is C=C(C)CCCCCCCCCCCCCC(=O)O. The number of carboxylic acids is 1. The second-order valence-corrected chi connectivity index (χ2v) is 5.74. The third-order valence-electron chi connectivity index (χ3n) is 3.49. The van der Waals surface area contributed by atoms with Crippen LogP contribution in [0.3, 0.4) is 0 Å². The maximum absolute atomic E-state index is 10.3. The fraction of sp³-hybridized carbons (Fsp3) is 0.824. The van der Waals surface area contributed by atoms with Gasteiger partial charge in [0.2, 0.25) is 0 Å². The molecule has 19 heavy (non-hydrogen) atoms. The van der Waals surface area contributed by atoms with Crippen molar-refractivity contribution < 1.29 is 9.90 Å². The van der Waals surface area contributed by atoms with E-state index in [9.17, 15) is 4.79 Å². The lowest BCUT2D eigenvalue weighted by atomic mass is 10.0. The highest BCUT2D eigenvalue weighted by atomic mass is 16.4. The second kappa shape index (κ2) is 13.6. The predicted molar refractivity (Wildman–Crippen MR) is 82.5 cm³/mol. The Morgan fingerprint density at radius 1 is 0.737 bits per heavy atom. The van der Waals surface area contributed by atoms with E-state index in [0.717, 1.165) is 12.8 Å². The van der Waals surface area contributed by atoms with Crippen molar-refractivity contribution in [1.29, 1.82) is 0 Å². The molecule has 0 fully saturated rings. The van der Waals surface area contributed by atoms with Gasteiger partial charge in [0.15, 0.2) is 0 Å². The van der Waals surface area contributed by atoms with Gasteiger partial charge in [0.05, 0.1) is 0 Å². The van der Waals surface area contributed by atoms with Gasteiger partial charge in [-0.3, -0.25) is 4.79 Å². The Labute approximate surface area is 119 Å². The summed E-state index contributed by atoms with van der Waals surface area (Å²) in [6.07, 6.45) is 15.3. The van der Waals surface area contributed by atoms with Crippen LogP contribution in [-0.2, 0) is 4.79 Å². The van der Waals surface area contributed by atoms with E-state index < -0.39 is 5.97 Å². The van der Waals surface area contributed by atoms with Crippen molar-refractivity contribution in [1.82, 2.24) is 0 Å². The lowest BCUT2D eigenvalue weighted by Crippen LogP contribution is -1.93. The molecule has 0 saturated carbocycles. The van der Waals surface area contributed by atoms with Gasteiger partial charge in [-0.05, 0) is 26.2 Å². The van der Waals surface area contributed by atoms with E-state index in [0.29, 0.717) is 6.42 Å². The van der Waals surface area contributed by atoms with E-state index in [1.54, 1.807) is 0 Å². The van der Waals surface area contributed by atoms with E-state index in [4.69, 9.17) is 5.11 Å². The Bertz CT molecular complexity index is 209. The molecular weight excluding hydrogens is 236 g/mol. The molecule has 0 saturated heterocycles. The molecule has 1 N–H and O–H groups in total. The van der Waals surface area contributed by atoms with Gasteiger partial charge < -0.3 is 5.11 Å². The molecule has 0 aromatic heterocycles. The molecule has 0 atom stereocenters. The summed E-state index contributed by atoms with van der Waals surface area (Å²) in [5, 5.41) is 8.50. The van der Waals surface area contributed by atoms with Gasteiger partial charge >= 0.3 is 5.97 Å². The first kappa shape index (κ1) is 18.2. The molecule has 0 radical (unpaired) electrons. The van der Waals surface area contributed by atoms with Crippen LogP contribution in [0.15, 0.2) is 12.2 Å². The number of carbonyl (C=O) groups is 1. The standard InChI is InChI=1S/C17H32O2/c1-16(2)14-12-10-8-6-4-3-5-7-9-11-13-15-17(18)19/h1,3-15H2,2H3,(H,18,19). The summed E-state index contributed by atoms with van der Waals surface area (Å²) in [5.41, 5.74) is 1.31. The maximum atomic E-state index is 10.3. The van der Waals surface area contributed by atoms with Crippen LogP contribution in [0.5, 0.6) is 0 Å². The van der Waals surface area contributed by atoms with Crippen LogP contribution in [-0.4, -0.2) is 11.1 Å². The highest BCUT2D eigenvalue weighted by Crippen LogP contribution is 2.13. The minimum Gasteiger partial charge on any atom is -0.481 e.